The number of fused-ring (bicyclic) bond motifs is 1. The van der Waals surface area contributed by atoms with Gasteiger partial charge in [-0.25, -0.2) is 13.1 Å². The summed E-state index contributed by atoms with van der Waals surface area (Å²) in [5, 5.41) is 10.3. The van der Waals surface area contributed by atoms with Crippen LogP contribution in [0.1, 0.15) is 0 Å². The first-order valence-electron chi connectivity index (χ1n) is 5.93. The lowest BCUT2D eigenvalue weighted by Crippen LogP contribution is -2.40. The van der Waals surface area contributed by atoms with Crippen LogP contribution in [0.15, 0.2) is 47.4 Å². The van der Waals surface area contributed by atoms with Crippen LogP contribution in [-0.4, -0.2) is 32.3 Å². The fourth-order valence-electron chi connectivity index (χ4n) is 1.72. The summed E-state index contributed by atoms with van der Waals surface area (Å²) in [6, 6.07) is 11.2. The Balaban J connectivity index is 2.22. The molecule has 2 aromatic carbocycles. The molecular formula is C13H12F3NO3S. The molecule has 0 saturated heterocycles. The summed E-state index contributed by atoms with van der Waals surface area (Å²) in [7, 11) is -4.12. The minimum atomic E-state index is -4.87. The maximum Gasteiger partial charge on any atom is 0.415 e. The Morgan fingerprint density at radius 3 is 2.33 bits per heavy atom. The van der Waals surface area contributed by atoms with E-state index in [1.54, 1.807) is 35.1 Å². The van der Waals surface area contributed by atoms with Crippen molar-refractivity contribution in [1.29, 1.82) is 0 Å². The second-order valence-electron chi connectivity index (χ2n) is 4.42. The predicted molar refractivity (Wildman–Crippen MR) is 71.2 cm³/mol. The number of hydrogen-bond acceptors (Lipinski definition) is 3. The predicted octanol–water partition coefficient (Wildman–Crippen LogP) is 2.04. The van der Waals surface area contributed by atoms with Gasteiger partial charge in [-0.3, -0.25) is 0 Å². The van der Waals surface area contributed by atoms with Gasteiger partial charge in [0.05, 0.1) is 4.90 Å². The molecule has 4 nitrogen and oxygen atoms in total. The molecule has 2 N–H and O–H groups in total. The molecule has 0 aliphatic carbocycles. The highest BCUT2D eigenvalue weighted by atomic mass is 32.2. The number of alkyl halides is 3. The lowest BCUT2D eigenvalue weighted by Gasteiger charge is -2.15. The topological polar surface area (TPSA) is 66.4 Å². The smallest absolute Gasteiger partial charge is 0.382 e. The van der Waals surface area contributed by atoms with E-state index in [2.05, 4.69) is 0 Å². The van der Waals surface area contributed by atoms with E-state index in [-0.39, 0.29) is 4.90 Å². The van der Waals surface area contributed by atoms with Gasteiger partial charge in [0.15, 0.2) is 6.10 Å². The Kier molecular flexibility index (Phi) is 4.22. The maximum absolute atomic E-state index is 12.2. The van der Waals surface area contributed by atoms with E-state index in [0.717, 1.165) is 5.39 Å². The number of sulfonamides is 1. The third kappa shape index (κ3) is 3.72. The molecule has 21 heavy (non-hydrogen) atoms. The third-order valence-corrected chi connectivity index (χ3v) is 4.30. The van der Waals surface area contributed by atoms with Crippen LogP contribution in [0.5, 0.6) is 0 Å². The number of halogens is 3. The van der Waals surface area contributed by atoms with Crippen molar-refractivity contribution in [2.45, 2.75) is 17.2 Å². The maximum atomic E-state index is 12.2. The van der Waals surface area contributed by atoms with E-state index < -0.39 is 28.8 Å². The number of aliphatic hydroxyl groups is 1. The molecule has 1 atom stereocenters. The molecule has 2 rings (SSSR count). The number of benzene rings is 2. The number of aliphatic hydroxyl groups excluding tert-OH is 1. The summed E-state index contributed by atoms with van der Waals surface area (Å²) in [5.41, 5.74) is 0. The first kappa shape index (κ1) is 15.7. The second kappa shape index (κ2) is 5.63. The highest BCUT2D eigenvalue weighted by Gasteiger charge is 2.38. The number of nitrogens with one attached hydrogen (secondary N) is 1. The van der Waals surface area contributed by atoms with Gasteiger partial charge >= 0.3 is 6.18 Å². The monoisotopic (exact) mass is 319 g/mol. The molecule has 1 unspecified atom stereocenters. The Morgan fingerprint density at radius 1 is 1.10 bits per heavy atom. The average Bonchev–Trinajstić information content (AvgIpc) is 2.43. The van der Waals surface area contributed by atoms with Gasteiger partial charge in [0.1, 0.15) is 0 Å². The Hall–Kier alpha value is -1.64. The zero-order valence-corrected chi connectivity index (χ0v) is 11.4. The van der Waals surface area contributed by atoms with Crippen molar-refractivity contribution >= 4 is 20.8 Å². The van der Waals surface area contributed by atoms with Crippen molar-refractivity contribution in [3.05, 3.63) is 42.5 Å². The lowest BCUT2D eigenvalue weighted by atomic mass is 10.1. The molecule has 2 aromatic rings. The van der Waals surface area contributed by atoms with E-state index in [1.165, 1.54) is 12.1 Å². The zero-order valence-electron chi connectivity index (χ0n) is 10.6. The Bertz CT molecular complexity index is 744. The van der Waals surface area contributed by atoms with E-state index in [4.69, 9.17) is 5.11 Å². The largest absolute Gasteiger partial charge is 0.415 e. The van der Waals surface area contributed by atoms with Crippen LogP contribution in [0, 0.1) is 0 Å². The highest BCUT2D eigenvalue weighted by molar-refractivity contribution is 7.89. The molecule has 0 fully saturated rings. The Morgan fingerprint density at radius 2 is 1.71 bits per heavy atom. The molecule has 0 aromatic heterocycles. The van der Waals surface area contributed by atoms with Gasteiger partial charge < -0.3 is 5.11 Å². The summed E-state index contributed by atoms with van der Waals surface area (Å²) in [6.07, 6.45) is -7.61. The van der Waals surface area contributed by atoms with Crippen LogP contribution < -0.4 is 4.72 Å². The molecule has 0 aliphatic heterocycles. The molecule has 0 radical (unpaired) electrons. The molecule has 8 heteroatoms. The summed E-state index contributed by atoms with van der Waals surface area (Å²) < 4.78 is 62.0. The quantitative estimate of drug-likeness (QED) is 0.906. The normalized spacial score (nSPS) is 14.3. The fourth-order valence-corrected chi connectivity index (χ4v) is 2.80. The SMILES string of the molecule is O=S(=O)(NCC(O)C(F)(F)F)c1ccc2ccccc2c1. The molecule has 0 heterocycles. The van der Waals surface area contributed by atoms with E-state index in [0.29, 0.717) is 5.39 Å². The summed E-state index contributed by atoms with van der Waals surface area (Å²) in [6.45, 7) is -1.13. The summed E-state index contributed by atoms with van der Waals surface area (Å²) >= 11 is 0. The standard InChI is InChI=1S/C13H12F3NO3S/c14-13(15,16)12(18)8-17-21(19,20)11-6-5-9-3-1-2-4-10(9)7-11/h1-7,12,17-18H,8H2. The fraction of sp³-hybridized carbons (Fsp3) is 0.231. The van der Waals surface area contributed by atoms with Crippen LogP contribution in [0.2, 0.25) is 0 Å². The average molecular weight is 319 g/mol. The first-order valence-corrected chi connectivity index (χ1v) is 7.42. The molecule has 0 spiro atoms. The second-order valence-corrected chi connectivity index (χ2v) is 6.19. The Labute approximate surface area is 119 Å². The van der Waals surface area contributed by atoms with Crippen LogP contribution in [0.25, 0.3) is 10.8 Å². The number of hydrogen-bond donors (Lipinski definition) is 2. The van der Waals surface area contributed by atoms with Crippen molar-refractivity contribution < 1.29 is 26.7 Å². The van der Waals surface area contributed by atoms with Gasteiger partial charge in [0, 0.05) is 6.54 Å². The van der Waals surface area contributed by atoms with Crippen LogP contribution in [0.3, 0.4) is 0 Å². The van der Waals surface area contributed by atoms with Gasteiger partial charge in [0.25, 0.3) is 0 Å². The molecule has 0 saturated carbocycles. The van der Waals surface area contributed by atoms with Gasteiger partial charge in [-0.1, -0.05) is 30.3 Å². The van der Waals surface area contributed by atoms with Crippen LogP contribution >= 0.6 is 0 Å². The van der Waals surface area contributed by atoms with E-state index >= 15 is 0 Å². The summed E-state index contributed by atoms with van der Waals surface area (Å²) in [4.78, 5) is -0.157. The van der Waals surface area contributed by atoms with Crippen molar-refractivity contribution in [2.75, 3.05) is 6.54 Å². The third-order valence-electron chi connectivity index (χ3n) is 2.88. The van der Waals surface area contributed by atoms with Gasteiger partial charge in [-0.2, -0.15) is 13.2 Å². The molecule has 114 valence electrons. The minimum absolute atomic E-state index is 0.157. The highest BCUT2D eigenvalue weighted by Crippen LogP contribution is 2.21. The molecular weight excluding hydrogens is 307 g/mol. The van der Waals surface area contributed by atoms with Crippen molar-refractivity contribution in [3.63, 3.8) is 0 Å². The first-order chi connectivity index (χ1) is 9.70. The van der Waals surface area contributed by atoms with Crippen LogP contribution in [-0.2, 0) is 10.0 Å². The molecule has 0 amide bonds. The van der Waals surface area contributed by atoms with Crippen molar-refractivity contribution in [2.24, 2.45) is 0 Å². The van der Waals surface area contributed by atoms with Crippen molar-refractivity contribution in [3.8, 4) is 0 Å². The minimum Gasteiger partial charge on any atom is -0.382 e. The van der Waals surface area contributed by atoms with Gasteiger partial charge in [-0.15, -0.1) is 0 Å². The van der Waals surface area contributed by atoms with Gasteiger partial charge in [-0.05, 0) is 22.9 Å². The van der Waals surface area contributed by atoms with Crippen molar-refractivity contribution in [1.82, 2.24) is 4.72 Å². The zero-order chi connectivity index (χ0) is 15.7. The van der Waals surface area contributed by atoms with Gasteiger partial charge in [0.2, 0.25) is 10.0 Å². The van der Waals surface area contributed by atoms with E-state index in [1.807, 2.05) is 0 Å². The molecule has 0 bridgehead atoms. The summed E-state index contributed by atoms with van der Waals surface area (Å²) in [5.74, 6) is 0. The number of rotatable bonds is 4. The van der Waals surface area contributed by atoms with E-state index in [9.17, 15) is 21.6 Å². The van der Waals surface area contributed by atoms with Crippen LogP contribution in [0.4, 0.5) is 13.2 Å². The lowest BCUT2D eigenvalue weighted by molar-refractivity contribution is -0.200. The molecule has 0 aliphatic rings.